The number of rotatable bonds is 11. The minimum absolute atomic E-state index is 0.154. The van der Waals surface area contributed by atoms with Crippen molar-refractivity contribution in [1.29, 1.82) is 0 Å². The summed E-state index contributed by atoms with van der Waals surface area (Å²) < 4.78 is 11.3. The van der Waals surface area contributed by atoms with Crippen molar-refractivity contribution in [2.45, 2.75) is 83.3 Å². The quantitative estimate of drug-likeness (QED) is 0.406. The van der Waals surface area contributed by atoms with Crippen LogP contribution in [0.5, 0.6) is 0 Å². The fourth-order valence-corrected chi connectivity index (χ4v) is 4.85. The van der Waals surface area contributed by atoms with Gasteiger partial charge in [-0.15, -0.1) is 0 Å². The monoisotopic (exact) mass is 401 g/mol. The Morgan fingerprint density at radius 1 is 0.897 bits per heavy atom. The largest absolute Gasteiger partial charge is 0.461 e. The zero-order valence-corrected chi connectivity index (χ0v) is 18.0. The molecular weight excluding hydrogens is 362 g/mol. The Kier molecular flexibility index (Phi) is 10.0. The molecule has 1 N–H and O–H groups in total. The summed E-state index contributed by atoms with van der Waals surface area (Å²) >= 11 is 0. The van der Waals surface area contributed by atoms with Crippen molar-refractivity contribution in [3.05, 3.63) is 35.9 Å². The van der Waals surface area contributed by atoms with E-state index in [0.29, 0.717) is 25.7 Å². The van der Waals surface area contributed by atoms with Crippen LogP contribution in [0.1, 0.15) is 76.2 Å². The standard InChI is InChI=1S/C25H39NO3/c27-25(29-20-23-9-5-2-6-10-23)15-16-26-17-18-28-24-13-11-22(12-14-24)19-21-7-3-1-4-8-21/h2,5-6,9-10,21-22,24,26H,1,3-4,7-8,11-20H2. The second kappa shape index (κ2) is 13.0. The highest BCUT2D eigenvalue weighted by atomic mass is 16.5. The maximum absolute atomic E-state index is 11.8. The van der Waals surface area contributed by atoms with E-state index in [1.807, 2.05) is 30.3 Å². The van der Waals surface area contributed by atoms with Crippen LogP contribution in [0.4, 0.5) is 0 Å². The van der Waals surface area contributed by atoms with Gasteiger partial charge in [0.25, 0.3) is 0 Å². The number of nitrogens with one attached hydrogen (secondary N) is 1. The van der Waals surface area contributed by atoms with Crippen molar-refractivity contribution in [3.8, 4) is 0 Å². The van der Waals surface area contributed by atoms with E-state index in [1.165, 1.54) is 64.2 Å². The maximum Gasteiger partial charge on any atom is 0.307 e. The van der Waals surface area contributed by atoms with Gasteiger partial charge in [0.2, 0.25) is 0 Å². The molecule has 0 bridgehead atoms. The van der Waals surface area contributed by atoms with Crippen molar-refractivity contribution in [1.82, 2.24) is 5.32 Å². The highest BCUT2D eigenvalue weighted by molar-refractivity contribution is 5.69. The first-order valence-corrected chi connectivity index (χ1v) is 11.8. The zero-order chi connectivity index (χ0) is 20.2. The maximum atomic E-state index is 11.8. The third-order valence-corrected chi connectivity index (χ3v) is 6.57. The van der Waals surface area contributed by atoms with Crippen LogP contribution in [0, 0.1) is 11.8 Å². The molecule has 4 heteroatoms. The lowest BCUT2D eigenvalue weighted by molar-refractivity contribution is -0.144. The Balaban J connectivity index is 1.15. The smallest absolute Gasteiger partial charge is 0.307 e. The molecule has 0 heterocycles. The lowest BCUT2D eigenvalue weighted by Crippen LogP contribution is -2.28. The Morgan fingerprint density at radius 3 is 2.38 bits per heavy atom. The summed E-state index contributed by atoms with van der Waals surface area (Å²) in [5.41, 5.74) is 1.02. The highest BCUT2D eigenvalue weighted by Crippen LogP contribution is 2.35. The van der Waals surface area contributed by atoms with Gasteiger partial charge in [-0.1, -0.05) is 62.4 Å². The normalized spacial score (nSPS) is 23.0. The van der Waals surface area contributed by atoms with Gasteiger partial charge in [0.15, 0.2) is 0 Å². The van der Waals surface area contributed by atoms with Gasteiger partial charge in [-0.25, -0.2) is 0 Å². The molecule has 0 spiro atoms. The summed E-state index contributed by atoms with van der Waals surface area (Å²) in [6.45, 7) is 2.53. The number of esters is 1. The predicted octanol–water partition coefficient (Wildman–Crippen LogP) is 5.26. The van der Waals surface area contributed by atoms with E-state index >= 15 is 0 Å². The molecule has 0 atom stereocenters. The minimum atomic E-state index is -0.154. The molecule has 0 unspecified atom stereocenters. The van der Waals surface area contributed by atoms with Gasteiger partial charge in [-0.3, -0.25) is 4.79 Å². The number of hydrogen-bond acceptors (Lipinski definition) is 4. The van der Waals surface area contributed by atoms with Crippen LogP contribution in [0.15, 0.2) is 30.3 Å². The summed E-state index contributed by atoms with van der Waals surface area (Å²) in [7, 11) is 0. The lowest BCUT2D eigenvalue weighted by Gasteiger charge is -2.32. The lowest BCUT2D eigenvalue weighted by atomic mass is 9.77. The van der Waals surface area contributed by atoms with Crippen LogP contribution in [0.2, 0.25) is 0 Å². The van der Waals surface area contributed by atoms with Crippen LogP contribution < -0.4 is 5.32 Å². The fourth-order valence-electron chi connectivity index (χ4n) is 4.85. The summed E-state index contributed by atoms with van der Waals surface area (Å²) in [6.07, 6.45) is 14.8. The second-order valence-corrected chi connectivity index (χ2v) is 8.90. The number of carbonyl (C=O) groups is 1. The Labute approximate surface area is 176 Å². The van der Waals surface area contributed by atoms with E-state index in [1.54, 1.807) is 0 Å². The van der Waals surface area contributed by atoms with Crippen LogP contribution in [-0.4, -0.2) is 31.8 Å². The number of hydrogen-bond donors (Lipinski definition) is 1. The molecule has 29 heavy (non-hydrogen) atoms. The average molecular weight is 402 g/mol. The van der Waals surface area contributed by atoms with Crippen LogP contribution >= 0.6 is 0 Å². The molecule has 4 nitrogen and oxygen atoms in total. The van der Waals surface area contributed by atoms with Gasteiger partial charge in [-0.05, 0) is 49.5 Å². The van der Waals surface area contributed by atoms with Crippen molar-refractivity contribution in [2.24, 2.45) is 11.8 Å². The van der Waals surface area contributed by atoms with E-state index in [0.717, 1.165) is 30.6 Å². The topological polar surface area (TPSA) is 47.6 Å². The van der Waals surface area contributed by atoms with Crippen LogP contribution in [0.25, 0.3) is 0 Å². The van der Waals surface area contributed by atoms with E-state index in [9.17, 15) is 4.79 Å². The Bertz CT molecular complexity index is 563. The number of ether oxygens (including phenoxy) is 2. The molecule has 1 aromatic rings. The summed E-state index contributed by atoms with van der Waals surface area (Å²) in [5.74, 6) is 1.80. The van der Waals surface area contributed by atoms with E-state index < -0.39 is 0 Å². The Morgan fingerprint density at radius 2 is 1.62 bits per heavy atom. The van der Waals surface area contributed by atoms with Crippen molar-refractivity contribution in [3.63, 3.8) is 0 Å². The molecule has 0 radical (unpaired) electrons. The molecule has 162 valence electrons. The predicted molar refractivity (Wildman–Crippen MR) is 117 cm³/mol. The minimum Gasteiger partial charge on any atom is -0.461 e. The molecule has 2 fully saturated rings. The molecular formula is C25H39NO3. The van der Waals surface area contributed by atoms with Crippen molar-refractivity contribution < 1.29 is 14.3 Å². The zero-order valence-electron chi connectivity index (χ0n) is 18.0. The van der Waals surface area contributed by atoms with E-state index in [-0.39, 0.29) is 5.97 Å². The van der Waals surface area contributed by atoms with E-state index in [4.69, 9.17) is 9.47 Å². The van der Waals surface area contributed by atoms with Gasteiger partial charge in [0, 0.05) is 13.1 Å². The average Bonchev–Trinajstić information content (AvgIpc) is 2.77. The van der Waals surface area contributed by atoms with E-state index in [2.05, 4.69) is 5.32 Å². The summed E-state index contributed by atoms with van der Waals surface area (Å²) in [4.78, 5) is 11.8. The summed E-state index contributed by atoms with van der Waals surface area (Å²) in [5, 5.41) is 3.29. The first-order chi connectivity index (χ1) is 14.3. The van der Waals surface area contributed by atoms with Gasteiger partial charge < -0.3 is 14.8 Å². The fraction of sp³-hybridized carbons (Fsp3) is 0.720. The van der Waals surface area contributed by atoms with Crippen LogP contribution in [-0.2, 0) is 20.9 Å². The number of carbonyl (C=O) groups excluding carboxylic acids is 1. The SMILES string of the molecule is O=C(CCNCCOC1CCC(CC2CCCCC2)CC1)OCc1ccccc1. The molecule has 3 rings (SSSR count). The third-order valence-electron chi connectivity index (χ3n) is 6.57. The Hall–Kier alpha value is -1.39. The highest BCUT2D eigenvalue weighted by Gasteiger charge is 2.24. The van der Waals surface area contributed by atoms with Gasteiger partial charge in [-0.2, -0.15) is 0 Å². The molecule has 2 aliphatic rings. The first kappa shape index (κ1) is 22.3. The number of benzene rings is 1. The van der Waals surface area contributed by atoms with Gasteiger partial charge in [0.1, 0.15) is 6.61 Å². The molecule has 0 aliphatic heterocycles. The molecule has 0 aromatic heterocycles. The molecule has 2 aliphatic carbocycles. The van der Waals surface area contributed by atoms with Gasteiger partial charge >= 0.3 is 5.97 Å². The van der Waals surface area contributed by atoms with Crippen molar-refractivity contribution in [2.75, 3.05) is 19.7 Å². The van der Waals surface area contributed by atoms with Crippen LogP contribution in [0.3, 0.4) is 0 Å². The molecule has 0 saturated heterocycles. The third kappa shape index (κ3) is 8.88. The second-order valence-electron chi connectivity index (χ2n) is 8.90. The van der Waals surface area contributed by atoms with Crippen molar-refractivity contribution >= 4 is 5.97 Å². The molecule has 1 aromatic carbocycles. The van der Waals surface area contributed by atoms with Gasteiger partial charge in [0.05, 0.1) is 19.1 Å². The first-order valence-electron chi connectivity index (χ1n) is 11.8. The molecule has 0 amide bonds. The molecule has 2 saturated carbocycles. The summed E-state index contributed by atoms with van der Waals surface area (Å²) in [6, 6.07) is 9.79.